The van der Waals surface area contributed by atoms with Gasteiger partial charge in [-0.15, -0.1) is 11.3 Å². The summed E-state index contributed by atoms with van der Waals surface area (Å²) in [6.07, 6.45) is -9.34. The predicted molar refractivity (Wildman–Crippen MR) is 126 cm³/mol. The van der Waals surface area contributed by atoms with Gasteiger partial charge < -0.3 is 48.2 Å². The first kappa shape index (κ1) is 22.5. The molecule has 0 spiro atoms. The monoisotopic (exact) mass is 544 g/mol. The number of thiophene rings is 1. The zero-order valence-electron chi connectivity index (χ0n) is 22.6. The molecule has 0 bridgehead atoms. The molecule has 0 saturated carbocycles. The van der Waals surface area contributed by atoms with E-state index in [4.69, 9.17) is 29.2 Å². The Kier molecular flexibility index (Phi) is 9.21. The number of carbonyl (C=O) groups is 5. The summed E-state index contributed by atoms with van der Waals surface area (Å²) < 4.78 is 56.5. The fourth-order valence-electron chi connectivity index (χ4n) is 3.44. The van der Waals surface area contributed by atoms with E-state index in [0.29, 0.717) is 9.75 Å². The Bertz CT molecular complexity index is 1200. The number of thiazole rings is 1. The van der Waals surface area contributed by atoms with Crippen molar-refractivity contribution < 1.29 is 53.1 Å². The van der Waals surface area contributed by atoms with Crippen LogP contribution in [0.1, 0.15) is 20.0 Å². The zero-order valence-corrected chi connectivity index (χ0v) is 20.2. The molecule has 0 radical (unpaired) electrons. The van der Waals surface area contributed by atoms with Gasteiger partial charge in [0.25, 0.3) is 0 Å². The maximum absolute atomic E-state index is 12.7. The van der Waals surface area contributed by atoms with Crippen LogP contribution >= 0.6 is 22.7 Å². The van der Waals surface area contributed by atoms with Crippen LogP contribution < -0.4 is 5.32 Å². The number of carbonyl (C=O) groups excluding carboxylic acids is 5. The van der Waals surface area contributed by atoms with E-state index in [1.807, 2.05) is 0 Å². The van der Waals surface area contributed by atoms with Crippen LogP contribution in [0.2, 0.25) is 0 Å². The summed E-state index contributed by atoms with van der Waals surface area (Å²) >= 11 is 2.24. The molecule has 1 aliphatic rings. The van der Waals surface area contributed by atoms with Gasteiger partial charge >= 0.3 is 0 Å². The normalized spacial score (nSPS) is 25.2. The molecular formula is C22H24N2O10S2. The highest BCUT2D eigenvalue weighted by molar-refractivity contribution is 7.19. The Morgan fingerprint density at radius 1 is 1.00 bits per heavy atom. The number of aromatic nitrogens is 1. The number of anilines is 1. The van der Waals surface area contributed by atoms with Gasteiger partial charge in [0.15, 0.2) is 11.4 Å². The average molecular weight is 545 g/mol. The van der Waals surface area contributed by atoms with Crippen LogP contribution in [-0.2, 0) is 42.9 Å². The molecule has 12 nitrogen and oxygen atoms in total. The van der Waals surface area contributed by atoms with E-state index in [2.05, 4.69) is 10.3 Å². The minimum atomic E-state index is -1.33. The Hall–Kier alpha value is -2.72. The van der Waals surface area contributed by atoms with Crippen LogP contribution in [0.4, 0.5) is 5.13 Å². The molecule has 5 atom stereocenters. The van der Waals surface area contributed by atoms with Crippen molar-refractivity contribution in [2.45, 2.75) is 30.6 Å². The van der Waals surface area contributed by atoms with Gasteiger partial charge in [0, 0.05) is 0 Å². The Morgan fingerprint density at radius 2 is 1.67 bits per heavy atom. The number of rotatable bonds is 17. The summed E-state index contributed by atoms with van der Waals surface area (Å²) in [5.74, 6) is -0.257. The molecule has 1 fully saturated rings. The summed E-state index contributed by atoms with van der Waals surface area (Å²) in [6.45, 7) is -3.21. The van der Waals surface area contributed by atoms with E-state index >= 15 is 0 Å². The molecule has 3 rings (SSSR count). The number of aldehydes is 4. The molecule has 3 heterocycles. The third-order valence-electron chi connectivity index (χ3n) is 4.82. The molecule has 2 aromatic rings. The molecule has 1 saturated heterocycles. The Balaban J connectivity index is 1.92. The molecular weight excluding hydrogens is 516 g/mol. The molecule has 0 aliphatic carbocycles. The molecule has 0 amide bonds. The third kappa shape index (κ3) is 7.39. The molecule has 1 unspecified atom stereocenters. The number of ether oxygens (including phenoxy) is 5. The second-order valence-electron chi connectivity index (χ2n) is 6.99. The highest BCUT2D eigenvalue weighted by Gasteiger charge is 2.48. The summed E-state index contributed by atoms with van der Waals surface area (Å²) in [5.41, 5.74) is 0. The van der Waals surface area contributed by atoms with E-state index < -0.39 is 82.1 Å². The topological polar surface area (TPSA) is 156 Å². The lowest BCUT2D eigenvalue weighted by Crippen LogP contribution is -2.63. The fraction of sp³-hybridized carbons (Fsp3) is 0.455. The van der Waals surface area contributed by atoms with Crippen molar-refractivity contribution in [3.05, 3.63) is 33.5 Å². The minimum Gasteiger partial charge on any atom is -0.371 e. The fourth-order valence-corrected chi connectivity index (χ4v) is 4.98. The maximum atomic E-state index is 12.7. The smallest absolute Gasteiger partial charge is 0.214 e. The Morgan fingerprint density at radius 3 is 2.31 bits per heavy atom. The molecule has 1 aliphatic heterocycles. The largest absolute Gasteiger partial charge is 0.371 e. The average Bonchev–Trinajstić information content (AvgIpc) is 3.58. The van der Waals surface area contributed by atoms with Crippen molar-refractivity contribution in [1.82, 2.24) is 4.98 Å². The van der Waals surface area contributed by atoms with Crippen molar-refractivity contribution in [2.24, 2.45) is 0 Å². The predicted octanol–water partition coefficient (Wildman–Crippen LogP) is 0.540. The highest BCUT2D eigenvalue weighted by atomic mass is 32.1. The number of nitrogens with one attached hydrogen (secondary N) is 1. The number of ketones is 1. The van der Waals surface area contributed by atoms with Crippen molar-refractivity contribution >= 4 is 58.6 Å². The van der Waals surface area contributed by atoms with E-state index in [9.17, 15) is 24.0 Å². The van der Waals surface area contributed by atoms with Crippen LogP contribution in [0.25, 0.3) is 0 Å². The quantitative estimate of drug-likeness (QED) is 0.218. The van der Waals surface area contributed by atoms with Crippen LogP contribution in [0, 0.1) is 0 Å². The first-order valence-corrected chi connectivity index (χ1v) is 12.1. The zero-order chi connectivity index (χ0) is 29.2. The molecule has 194 valence electrons. The van der Waals surface area contributed by atoms with Gasteiger partial charge in [0.2, 0.25) is 5.78 Å². The van der Waals surface area contributed by atoms with E-state index in [1.165, 1.54) is 17.5 Å². The molecule has 2 aromatic heterocycles. The lowest BCUT2D eigenvalue weighted by atomic mass is 9.97. The summed E-state index contributed by atoms with van der Waals surface area (Å²) in [5, 5.41) is 4.86. The van der Waals surface area contributed by atoms with Gasteiger partial charge in [-0.3, -0.25) is 4.79 Å². The number of hydrogen-bond acceptors (Lipinski definition) is 14. The third-order valence-corrected chi connectivity index (χ3v) is 6.62. The van der Waals surface area contributed by atoms with Crippen molar-refractivity contribution in [2.75, 3.05) is 38.4 Å². The SMILES string of the molecule is [2H]C(=O)COC[C@H]1OC(Nc2ncc(C(=O)c3cccs3)s2)[C@@H](OCC([2H])=O)[C@@H](OCC([2H])=O)[C@@H]1OCC([2H])=O. The van der Waals surface area contributed by atoms with Gasteiger partial charge in [-0.1, -0.05) is 17.4 Å². The highest BCUT2D eigenvalue weighted by Crippen LogP contribution is 2.31. The van der Waals surface area contributed by atoms with E-state index in [1.54, 1.807) is 17.5 Å². The van der Waals surface area contributed by atoms with Gasteiger partial charge in [-0.2, -0.15) is 0 Å². The maximum Gasteiger partial charge on any atom is 0.214 e. The second kappa shape index (κ2) is 14.7. The summed E-state index contributed by atoms with van der Waals surface area (Å²) in [7, 11) is 0. The lowest BCUT2D eigenvalue weighted by molar-refractivity contribution is -0.254. The number of hydrogen-bond donors (Lipinski definition) is 1. The van der Waals surface area contributed by atoms with Crippen molar-refractivity contribution in [3.8, 4) is 0 Å². The Labute approximate surface area is 219 Å². The number of nitrogens with zero attached hydrogens (tertiary/aromatic N) is 1. The van der Waals surface area contributed by atoms with E-state index in [0.717, 1.165) is 11.3 Å². The molecule has 36 heavy (non-hydrogen) atoms. The second-order valence-corrected chi connectivity index (χ2v) is 8.97. The van der Waals surface area contributed by atoms with Gasteiger partial charge in [0.05, 0.1) is 22.6 Å². The van der Waals surface area contributed by atoms with Gasteiger partial charge in [0.1, 0.15) is 81.4 Å². The first-order valence-electron chi connectivity index (χ1n) is 12.4. The summed E-state index contributed by atoms with van der Waals surface area (Å²) in [6, 6.07) is 3.39. The molecule has 1 N–H and O–H groups in total. The lowest BCUT2D eigenvalue weighted by Gasteiger charge is -2.45. The van der Waals surface area contributed by atoms with Crippen LogP contribution in [-0.4, -0.2) is 99.5 Å². The molecule has 0 aromatic carbocycles. The van der Waals surface area contributed by atoms with Gasteiger partial charge in [-0.05, 0) is 11.4 Å². The minimum absolute atomic E-state index is 0.188. The van der Waals surface area contributed by atoms with E-state index in [-0.39, 0.29) is 17.5 Å². The van der Waals surface area contributed by atoms with Crippen LogP contribution in [0.5, 0.6) is 0 Å². The van der Waals surface area contributed by atoms with Gasteiger partial charge in [-0.25, -0.2) is 4.98 Å². The van der Waals surface area contributed by atoms with Crippen LogP contribution in [0.15, 0.2) is 23.7 Å². The van der Waals surface area contributed by atoms with Crippen molar-refractivity contribution in [1.29, 1.82) is 0 Å². The molecule has 14 heteroatoms. The van der Waals surface area contributed by atoms with Crippen LogP contribution in [0.3, 0.4) is 0 Å². The van der Waals surface area contributed by atoms with Crippen molar-refractivity contribution in [3.63, 3.8) is 0 Å². The summed E-state index contributed by atoms with van der Waals surface area (Å²) in [4.78, 5) is 62.9. The first-order chi connectivity index (χ1) is 19.0. The standard InChI is InChI=1S/C22H24N2O10S2/c25-3-7-30-13-14-18(31-8-4-26)19(32-9-5-27)20(33-10-6-28)21(34-14)24-22-23-12-16(36-22)17(29)15-2-1-11-35-15/h1-6,11-12,14,18-21H,7-10,13H2,(H,23,24)/t14-,18-,19+,20+,21?/m1/s1/i3D,4D,5D,6D.